The summed E-state index contributed by atoms with van der Waals surface area (Å²) < 4.78 is 5.23. The summed E-state index contributed by atoms with van der Waals surface area (Å²) in [6.07, 6.45) is 8.20. The lowest BCUT2D eigenvalue weighted by Gasteiger charge is -2.21. The van der Waals surface area contributed by atoms with Gasteiger partial charge in [-0.05, 0) is 38.8 Å². The molecule has 0 radical (unpaired) electrons. The highest BCUT2D eigenvalue weighted by atomic mass is 32.2. The molecule has 2 rings (SSSR count). The van der Waals surface area contributed by atoms with E-state index >= 15 is 0 Å². The highest BCUT2D eigenvalue weighted by molar-refractivity contribution is 8.00. The largest absolute Gasteiger partial charge is 0.452 e. The van der Waals surface area contributed by atoms with Crippen LogP contribution in [0, 0.1) is 0 Å². The zero-order valence-electron chi connectivity index (χ0n) is 18.2. The van der Waals surface area contributed by atoms with Crippen LogP contribution in [0.5, 0.6) is 0 Å². The molecule has 1 aliphatic rings. The van der Waals surface area contributed by atoms with Crippen LogP contribution in [-0.4, -0.2) is 54.2 Å². The fourth-order valence-corrected chi connectivity index (χ4v) is 4.50. The van der Waals surface area contributed by atoms with Gasteiger partial charge in [0.1, 0.15) is 0 Å². The molecule has 2 amide bonds. The minimum atomic E-state index is -0.543. The predicted molar refractivity (Wildman–Crippen MR) is 120 cm³/mol. The quantitative estimate of drug-likeness (QED) is 0.469. The number of likely N-dealkylation sites (N-methyl/N-ethyl adjacent to an activating group) is 1. The van der Waals surface area contributed by atoms with E-state index in [1.807, 2.05) is 19.9 Å². The second-order valence-electron chi connectivity index (χ2n) is 7.54. The van der Waals surface area contributed by atoms with Gasteiger partial charge in [-0.1, -0.05) is 44.2 Å². The molecule has 1 fully saturated rings. The molecule has 0 saturated heterocycles. The van der Waals surface area contributed by atoms with Gasteiger partial charge in [0.2, 0.25) is 5.91 Å². The first-order valence-electron chi connectivity index (χ1n) is 11.0. The average Bonchev–Trinajstić information content (AvgIpc) is 2.73. The Balaban J connectivity index is 1.87. The maximum atomic E-state index is 12.5. The van der Waals surface area contributed by atoms with Crippen LogP contribution in [0.2, 0.25) is 0 Å². The van der Waals surface area contributed by atoms with Gasteiger partial charge >= 0.3 is 5.97 Å². The minimum Gasteiger partial charge on any atom is -0.452 e. The van der Waals surface area contributed by atoms with Gasteiger partial charge in [0.15, 0.2) is 6.61 Å². The summed E-state index contributed by atoms with van der Waals surface area (Å²) in [6.45, 7) is 4.65. The summed E-state index contributed by atoms with van der Waals surface area (Å²) >= 11 is 1.32. The lowest BCUT2D eigenvalue weighted by atomic mass is 9.97. The molecular formula is C23H34N2O4S. The molecule has 1 saturated carbocycles. The highest BCUT2D eigenvalue weighted by Gasteiger charge is 2.18. The fraction of sp³-hybridized carbons (Fsp3) is 0.609. The molecular weight excluding hydrogens is 400 g/mol. The number of hydrogen-bond donors (Lipinski definition) is 1. The molecule has 0 heterocycles. The lowest BCUT2D eigenvalue weighted by Crippen LogP contribution is -2.36. The van der Waals surface area contributed by atoms with Gasteiger partial charge in [-0.3, -0.25) is 9.59 Å². The van der Waals surface area contributed by atoms with Gasteiger partial charge in [0.05, 0.1) is 11.3 Å². The molecule has 0 atom stereocenters. The number of carbonyl (C=O) groups excluding carboxylic acids is 3. The first-order valence-corrected chi connectivity index (χ1v) is 12.0. The van der Waals surface area contributed by atoms with Gasteiger partial charge in [-0.2, -0.15) is 0 Å². The number of thioether (sulfide) groups is 1. The van der Waals surface area contributed by atoms with E-state index in [2.05, 4.69) is 5.32 Å². The lowest BCUT2D eigenvalue weighted by molar-refractivity contribution is -0.134. The summed E-state index contributed by atoms with van der Waals surface area (Å²) in [4.78, 5) is 39.3. The van der Waals surface area contributed by atoms with E-state index < -0.39 is 5.97 Å². The Kier molecular flexibility index (Phi) is 10.8. The Morgan fingerprint density at radius 3 is 2.33 bits per heavy atom. The Labute approximate surface area is 184 Å². The summed E-state index contributed by atoms with van der Waals surface area (Å²) in [7, 11) is 0. The molecule has 6 nitrogen and oxygen atoms in total. The molecule has 1 N–H and O–H groups in total. The summed E-state index contributed by atoms with van der Waals surface area (Å²) in [5.41, 5.74) is 0.383. The molecule has 1 aliphatic carbocycles. The van der Waals surface area contributed by atoms with Gasteiger partial charge in [-0.25, -0.2) is 4.79 Å². The first kappa shape index (κ1) is 24.3. The van der Waals surface area contributed by atoms with E-state index in [0.29, 0.717) is 23.5 Å². The van der Waals surface area contributed by atoms with E-state index in [9.17, 15) is 14.4 Å². The molecule has 0 aliphatic heterocycles. The summed E-state index contributed by atoms with van der Waals surface area (Å²) in [6, 6.07) is 7.30. The molecule has 0 unspecified atom stereocenters. The van der Waals surface area contributed by atoms with Crippen LogP contribution in [-0.2, 0) is 14.3 Å². The number of hydrogen-bond acceptors (Lipinski definition) is 5. The van der Waals surface area contributed by atoms with Crippen LogP contribution in [0.3, 0.4) is 0 Å². The maximum absolute atomic E-state index is 12.5. The van der Waals surface area contributed by atoms with E-state index in [1.54, 1.807) is 23.1 Å². The van der Waals surface area contributed by atoms with Crippen LogP contribution in [0.15, 0.2) is 29.2 Å². The minimum absolute atomic E-state index is 0.00884. The SMILES string of the molecule is CCN(CC)C(=O)COC(=O)c1ccccc1SCC(=O)NC1CCCCCCC1. The zero-order chi connectivity index (χ0) is 21.8. The Morgan fingerprint density at radius 1 is 1.03 bits per heavy atom. The Morgan fingerprint density at radius 2 is 1.67 bits per heavy atom. The number of benzene rings is 1. The maximum Gasteiger partial charge on any atom is 0.339 e. The van der Waals surface area contributed by atoms with Crippen molar-refractivity contribution in [2.24, 2.45) is 0 Å². The third-order valence-electron chi connectivity index (χ3n) is 5.38. The van der Waals surface area contributed by atoms with Crippen molar-refractivity contribution in [2.75, 3.05) is 25.4 Å². The standard InChI is InChI=1S/C23H34N2O4S/c1-3-25(4-2)22(27)16-29-23(28)19-14-10-11-15-20(19)30-17-21(26)24-18-12-8-6-5-7-9-13-18/h10-11,14-15,18H,3-9,12-13,16-17H2,1-2H3,(H,24,26). The Bertz CT molecular complexity index is 698. The molecule has 7 heteroatoms. The topological polar surface area (TPSA) is 75.7 Å². The zero-order valence-corrected chi connectivity index (χ0v) is 19.0. The summed E-state index contributed by atoms with van der Waals surface area (Å²) in [5.74, 6) is -0.513. The van der Waals surface area contributed by atoms with Crippen LogP contribution in [0.1, 0.15) is 69.2 Å². The Hall–Kier alpha value is -2.02. The highest BCUT2D eigenvalue weighted by Crippen LogP contribution is 2.24. The number of nitrogens with one attached hydrogen (secondary N) is 1. The number of ether oxygens (including phenoxy) is 1. The van der Waals surface area contributed by atoms with E-state index in [-0.39, 0.29) is 30.2 Å². The van der Waals surface area contributed by atoms with Crippen molar-refractivity contribution in [2.45, 2.75) is 69.7 Å². The van der Waals surface area contributed by atoms with Crippen molar-refractivity contribution >= 4 is 29.5 Å². The van der Waals surface area contributed by atoms with Gasteiger partial charge in [0.25, 0.3) is 5.91 Å². The molecule has 0 bridgehead atoms. The third-order valence-corrected chi connectivity index (χ3v) is 6.45. The van der Waals surface area contributed by atoms with Gasteiger partial charge in [0, 0.05) is 24.0 Å². The predicted octanol–water partition coefficient (Wildman–Crippen LogP) is 4.03. The second kappa shape index (κ2) is 13.3. The molecule has 1 aromatic rings. The fourth-order valence-electron chi connectivity index (χ4n) is 3.65. The van der Waals surface area contributed by atoms with Crippen molar-refractivity contribution in [3.63, 3.8) is 0 Å². The van der Waals surface area contributed by atoms with E-state index in [4.69, 9.17) is 4.74 Å². The monoisotopic (exact) mass is 434 g/mol. The number of carbonyl (C=O) groups is 3. The molecule has 0 spiro atoms. The van der Waals surface area contributed by atoms with Crippen molar-refractivity contribution in [1.29, 1.82) is 0 Å². The molecule has 1 aromatic carbocycles. The number of nitrogens with zero attached hydrogens (tertiary/aromatic N) is 1. The molecule has 0 aromatic heterocycles. The van der Waals surface area contributed by atoms with Crippen LogP contribution < -0.4 is 5.32 Å². The number of amides is 2. The van der Waals surface area contributed by atoms with Gasteiger partial charge < -0.3 is 15.0 Å². The number of rotatable bonds is 9. The molecule has 30 heavy (non-hydrogen) atoms. The van der Waals surface area contributed by atoms with Crippen molar-refractivity contribution in [1.82, 2.24) is 10.2 Å². The van der Waals surface area contributed by atoms with Crippen LogP contribution in [0.25, 0.3) is 0 Å². The average molecular weight is 435 g/mol. The first-order chi connectivity index (χ1) is 14.5. The van der Waals surface area contributed by atoms with Crippen molar-refractivity contribution in [3.05, 3.63) is 29.8 Å². The van der Waals surface area contributed by atoms with Crippen LogP contribution in [0.4, 0.5) is 0 Å². The third kappa shape index (κ3) is 8.01. The van der Waals surface area contributed by atoms with Crippen molar-refractivity contribution in [3.8, 4) is 0 Å². The van der Waals surface area contributed by atoms with Gasteiger partial charge in [-0.15, -0.1) is 11.8 Å². The second-order valence-corrected chi connectivity index (χ2v) is 8.55. The molecule has 166 valence electrons. The number of esters is 1. The normalized spacial score (nSPS) is 15.0. The van der Waals surface area contributed by atoms with Crippen LogP contribution >= 0.6 is 11.8 Å². The van der Waals surface area contributed by atoms with Crippen molar-refractivity contribution < 1.29 is 19.1 Å². The summed E-state index contributed by atoms with van der Waals surface area (Å²) in [5, 5.41) is 3.14. The van der Waals surface area contributed by atoms with E-state index in [1.165, 1.54) is 43.9 Å². The smallest absolute Gasteiger partial charge is 0.339 e. The van der Waals surface area contributed by atoms with E-state index in [0.717, 1.165) is 12.8 Å².